The van der Waals surface area contributed by atoms with E-state index in [0.29, 0.717) is 21.5 Å². The molecule has 1 N–H and O–H groups in total. The quantitative estimate of drug-likeness (QED) is 0.780. The smallest absolute Gasteiger partial charge is 0.338 e. The Kier molecular flexibility index (Phi) is 5.54. The third-order valence-electron chi connectivity index (χ3n) is 3.76. The van der Waals surface area contributed by atoms with Gasteiger partial charge >= 0.3 is 5.97 Å². The van der Waals surface area contributed by atoms with Crippen LogP contribution >= 0.6 is 23.2 Å². The first-order valence-corrected chi connectivity index (χ1v) is 8.50. The molecule has 1 aliphatic heterocycles. The Balaban J connectivity index is 1.53. The van der Waals surface area contributed by atoms with E-state index in [1.165, 1.54) is 6.07 Å². The number of benzene rings is 2. The number of fused-ring (bicyclic) bond motifs is 1. The van der Waals surface area contributed by atoms with Crippen LogP contribution in [0.1, 0.15) is 28.9 Å². The standard InChI is InChI=1S/C18H15Cl2NO5/c1-10(11-2-4-13(19)14(20)6-11)21-17(22)8-24-18(23)12-3-5-15-16(7-12)26-9-25-15/h2-7,10H,8-9H2,1H3,(H,21,22)/t10-/m1/s1. The highest BCUT2D eigenvalue weighted by Gasteiger charge is 2.18. The summed E-state index contributed by atoms with van der Waals surface area (Å²) in [7, 11) is 0. The average Bonchev–Trinajstić information content (AvgIpc) is 3.09. The number of nitrogens with one attached hydrogen (secondary N) is 1. The van der Waals surface area contributed by atoms with Gasteiger partial charge in [-0.05, 0) is 42.8 Å². The van der Waals surface area contributed by atoms with Crippen molar-refractivity contribution in [2.45, 2.75) is 13.0 Å². The van der Waals surface area contributed by atoms with Gasteiger partial charge in [0.15, 0.2) is 18.1 Å². The van der Waals surface area contributed by atoms with E-state index in [1.54, 1.807) is 37.3 Å². The Morgan fingerprint density at radius 1 is 1.12 bits per heavy atom. The minimum absolute atomic E-state index is 0.114. The number of carbonyl (C=O) groups is 2. The average molecular weight is 396 g/mol. The molecule has 136 valence electrons. The molecule has 0 radical (unpaired) electrons. The molecule has 1 heterocycles. The molecule has 6 nitrogen and oxygen atoms in total. The fraction of sp³-hybridized carbons (Fsp3) is 0.222. The maximum atomic E-state index is 12.1. The molecule has 0 saturated carbocycles. The zero-order valence-corrected chi connectivity index (χ0v) is 15.3. The van der Waals surface area contributed by atoms with Crippen LogP contribution in [0, 0.1) is 0 Å². The fourth-order valence-electron chi connectivity index (χ4n) is 2.39. The summed E-state index contributed by atoms with van der Waals surface area (Å²) in [6.45, 7) is 1.50. The number of amides is 1. The summed E-state index contributed by atoms with van der Waals surface area (Å²) >= 11 is 11.8. The van der Waals surface area contributed by atoms with Gasteiger partial charge in [0.25, 0.3) is 5.91 Å². The Morgan fingerprint density at radius 2 is 1.88 bits per heavy atom. The minimum atomic E-state index is -0.624. The molecule has 0 aromatic heterocycles. The highest BCUT2D eigenvalue weighted by Crippen LogP contribution is 2.32. The predicted octanol–water partition coefficient (Wildman–Crippen LogP) is 3.76. The second-order valence-corrected chi connectivity index (χ2v) is 6.42. The Labute approximate surface area is 159 Å². The lowest BCUT2D eigenvalue weighted by molar-refractivity contribution is -0.124. The molecule has 1 amide bonds. The van der Waals surface area contributed by atoms with Gasteiger partial charge in [-0.15, -0.1) is 0 Å². The highest BCUT2D eigenvalue weighted by molar-refractivity contribution is 6.42. The fourth-order valence-corrected chi connectivity index (χ4v) is 2.69. The molecule has 26 heavy (non-hydrogen) atoms. The number of hydrogen-bond donors (Lipinski definition) is 1. The second kappa shape index (κ2) is 7.85. The second-order valence-electron chi connectivity index (χ2n) is 5.61. The maximum absolute atomic E-state index is 12.1. The Morgan fingerprint density at radius 3 is 2.65 bits per heavy atom. The van der Waals surface area contributed by atoms with E-state index < -0.39 is 18.5 Å². The van der Waals surface area contributed by atoms with Gasteiger partial charge in [-0.1, -0.05) is 29.3 Å². The van der Waals surface area contributed by atoms with Gasteiger partial charge < -0.3 is 19.5 Å². The first kappa shape index (κ1) is 18.4. The van der Waals surface area contributed by atoms with E-state index in [2.05, 4.69) is 5.32 Å². The summed E-state index contributed by atoms with van der Waals surface area (Å²) in [6, 6.07) is 9.45. The van der Waals surface area contributed by atoms with Crippen molar-refractivity contribution >= 4 is 35.1 Å². The van der Waals surface area contributed by atoms with E-state index in [-0.39, 0.29) is 18.4 Å². The van der Waals surface area contributed by atoms with E-state index in [9.17, 15) is 9.59 Å². The molecule has 1 atom stereocenters. The van der Waals surface area contributed by atoms with Gasteiger partial charge in [-0.3, -0.25) is 4.79 Å². The lowest BCUT2D eigenvalue weighted by atomic mass is 10.1. The molecule has 3 rings (SSSR count). The van der Waals surface area contributed by atoms with Gasteiger partial charge in [-0.2, -0.15) is 0 Å². The summed E-state index contributed by atoms with van der Waals surface area (Å²) in [6.07, 6.45) is 0. The molecule has 8 heteroatoms. The van der Waals surface area contributed by atoms with E-state index >= 15 is 0 Å². The van der Waals surface area contributed by atoms with Crippen molar-refractivity contribution in [1.82, 2.24) is 5.32 Å². The van der Waals surface area contributed by atoms with Crippen LogP contribution in [-0.2, 0) is 9.53 Å². The van der Waals surface area contributed by atoms with Crippen LogP contribution in [0.4, 0.5) is 0 Å². The minimum Gasteiger partial charge on any atom is -0.454 e. The third kappa shape index (κ3) is 4.20. The summed E-state index contributed by atoms with van der Waals surface area (Å²) in [5, 5.41) is 3.57. The number of halogens is 2. The van der Waals surface area contributed by atoms with Gasteiger partial charge in [0.05, 0.1) is 21.7 Å². The molecule has 2 aromatic carbocycles. The van der Waals surface area contributed by atoms with Crippen molar-refractivity contribution in [1.29, 1.82) is 0 Å². The third-order valence-corrected chi connectivity index (χ3v) is 4.50. The van der Waals surface area contributed by atoms with Crippen LogP contribution in [0.5, 0.6) is 11.5 Å². The van der Waals surface area contributed by atoms with Crippen LogP contribution in [0.2, 0.25) is 10.0 Å². The number of hydrogen-bond acceptors (Lipinski definition) is 5. The largest absolute Gasteiger partial charge is 0.454 e. The highest BCUT2D eigenvalue weighted by atomic mass is 35.5. The zero-order valence-electron chi connectivity index (χ0n) is 13.8. The maximum Gasteiger partial charge on any atom is 0.338 e. The molecule has 0 saturated heterocycles. The summed E-state index contributed by atoms with van der Waals surface area (Å²) in [5.74, 6) is -0.0230. The van der Waals surface area contributed by atoms with Crippen molar-refractivity contribution in [3.8, 4) is 11.5 Å². The van der Waals surface area contributed by atoms with Crippen molar-refractivity contribution in [2.24, 2.45) is 0 Å². The van der Waals surface area contributed by atoms with Gasteiger partial charge in [0.1, 0.15) is 0 Å². The first-order valence-electron chi connectivity index (χ1n) is 7.75. The first-order chi connectivity index (χ1) is 12.4. The lowest BCUT2D eigenvalue weighted by Gasteiger charge is -2.15. The number of rotatable bonds is 5. The van der Waals surface area contributed by atoms with Crippen molar-refractivity contribution in [2.75, 3.05) is 13.4 Å². The monoisotopic (exact) mass is 395 g/mol. The normalized spacial score (nSPS) is 13.2. The summed E-state index contributed by atoms with van der Waals surface area (Å²) in [5.41, 5.74) is 1.06. The van der Waals surface area contributed by atoms with E-state index in [1.807, 2.05) is 0 Å². The molecular formula is C18H15Cl2NO5. The topological polar surface area (TPSA) is 73.9 Å². The molecule has 0 aliphatic carbocycles. The molecule has 0 bridgehead atoms. The Bertz CT molecular complexity index is 855. The molecule has 0 unspecified atom stereocenters. The van der Waals surface area contributed by atoms with Crippen molar-refractivity contribution < 1.29 is 23.8 Å². The lowest BCUT2D eigenvalue weighted by Crippen LogP contribution is -2.31. The predicted molar refractivity (Wildman–Crippen MR) is 95.9 cm³/mol. The van der Waals surface area contributed by atoms with E-state index in [0.717, 1.165) is 5.56 Å². The molecule has 1 aliphatic rings. The van der Waals surface area contributed by atoms with Crippen LogP contribution in [0.3, 0.4) is 0 Å². The number of esters is 1. The van der Waals surface area contributed by atoms with Gasteiger partial charge in [0.2, 0.25) is 6.79 Å². The van der Waals surface area contributed by atoms with E-state index in [4.69, 9.17) is 37.4 Å². The SMILES string of the molecule is C[C@@H](NC(=O)COC(=O)c1ccc2c(c1)OCO2)c1ccc(Cl)c(Cl)c1. The van der Waals surface area contributed by atoms with Gasteiger partial charge in [0, 0.05) is 0 Å². The number of carbonyl (C=O) groups excluding carboxylic acids is 2. The molecule has 0 spiro atoms. The van der Waals surface area contributed by atoms with Crippen LogP contribution in [0.15, 0.2) is 36.4 Å². The number of ether oxygens (including phenoxy) is 3. The van der Waals surface area contributed by atoms with Gasteiger partial charge in [-0.25, -0.2) is 4.79 Å². The van der Waals surface area contributed by atoms with Crippen LogP contribution in [-0.4, -0.2) is 25.3 Å². The molecular weight excluding hydrogens is 381 g/mol. The molecule has 2 aromatic rings. The molecule has 0 fully saturated rings. The van der Waals surface area contributed by atoms with Crippen LogP contribution in [0.25, 0.3) is 0 Å². The van der Waals surface area contributed by atoms with Crippen LogP contribution < -0.4 is 14.8 Å². The van der Waals surface area contributed by atoms with Crippen molar-refractivity contribution in [3.05, 3.63) is 57.6 Å². The summed E-state index contributed by atoms with van der Waals surface area (Å²) < 4.78 is 15.4. The Hall–Kier alpha value is -2.44. The zero-order chi connectivity index (χ0) is 18.7. The summed E-state index contributed by atoms with van der Waals surface area (Å²) in [4.78, 5) is 24.1. The van der Waals surface area contributed by atoms with Crippen molar-refractivity contribution in [3.63, 3.8) is 0 Å².